The molecule has 0 aliphatic carbocycles. The molecule has 0 fully saturated rings. The topological polar surface area (TPSA) is 61.6 Å². The second-order valence-corrected chi connectivity index (χ2v) is 6.28. The van der Waals surface area contributed by atoms with E-state index in [1.807, 2.05) is 0 Å². The van der Waals surface area contributed by atoms with Crippen molar-refractivity contribution < 1.29 is 17.9 Å². The quantitative estimate of drug-likeness (QED) is 0.548. The van der Waals surface area contributed by atoms with Crippen LogP contribution in [0.5, 0.6) is 0 Å². The monoisotopic (exact) mass is 289 g/mol. The van der Waals surface area contributed by atoms with E-state index < -0.39 is 10.1 Å². The van der Waals surface area contributed by atoms with Crippen LogP contribution in [0.3, 0.4) is 0 Å². The molecule has 5 heteroatoms. The van der Waals surface area contributed by atoms with Crippen LogP contribution in [0.4, 0.5) is 0 Å². The van der Waals surface area contributed by atoms with Crippen molar-refractivity contribution in [3.05, 3.63) is 24.6 Å². The van der Waals surface area contributed by atoms with Crippen LogP contribution in [0, 0.1) is 0 Å². The highest BCUT2D eigenvalue weighted by Gasteiger charge is 2.02. The van der Waals surface area contributed by atoms with Crippen molar-refractivity contribution in [3.8, 4) is 0 Å². The summed E-state index contributed by atoms with van der Waals surface area (Å²) in [4.78, 5) is 1.51. The minimum absolute atomic E-state index is 0.604. The summed E-state index contributed by atoms with van der Waals surface area (Å²) in [6, 6.07) is 0. The molecule has 0 spiro atoms. The van der Waals surface area contributed by atoms with E-state index in [0.29, 0.717) is 6.26 Å². The molecule has 0 saturated heterocycles. The molecule has 0 atom stereocenters. The summed E-state index contributed by atoms with van der Waals surface area (Å²) in [5.41, 5.74) is 0. The van der Waals surface area contributed by atoms with Crippen molar-refractivity contribution in [2.45, 2.75) is 51.9 Å². The minimum atomic E-state index is -3.92. The maximum atomic E-state index is 9.08. The van der Waals surface area contributed by atoms with Crippen molar-refractivity contribution in [3.63, 3.8) is 0 Å². The first-order valence-electron chi connectivity index (χ1n) is 7.05. The van der Waals surface area contributed by atoms with Crippen LogP contribution in [-0.2, 0) is 10.1 Å². The van der Waals surface area contributed by atoms with Gasteiger partial charge in [-0.25, -0.2) is 8.42 Å². The first-order chi connectivity index (χ1) is 8.93. The fraction of sp³-hybridized carbons (Fsp3) is 0.714. The Balaban J connectivity index is 0.000000555. The van der Waals surface area contributed by atoms with Gasteiger partial charge in [-0.2, -0.15) is 0 Å². The summed E-state index contributed by atoms with van der Waals surface area (Å²) in [5, 5.41) is 0. The van der Waals surface area contributed by atoms with E-state index in [9.17, 15) is 0 Å². The largest absolute Gasteiger partial charge is 0.748 e. The van der Waals surface area contributed by atoms with E-state index >= 15 is 0 Å². The van der Waals surface area contributed by atoms with Crippen LogP contribution in [0.1, 0.15) is 51.9 Å². The third kappa shape index (κ3) is 17.4. The van der Waals surface area contributed by atoms with Crippen LogP contribution in [-0.4, -0.2) is 25.8 Å². The Hall–Kier alpha value is -0.650. The fourth-order valence-electron chi connectivity index (χ4n) is 1.87. The van der Waals surface area contributed by atoms with Gasteiger partial charge in [-0.3, -0.25) is 4.90 Å². The lowest BCUT2D eigenvalue weighted by Crippen LogP contribution is -3.01. The predicted molar refractivity (Wildman–Crippen MR) is 77.7 cm³/mol. The molecule has 1 N–H and O–H groups in total. The van der Waals surface area contributed by atoms with Gasteiger partial charge in [-0.15, -0.1) is 0 Å². The molecule has 0 aromatic heterocycles. The molecule has 0 aromatic carbocycles. The molecule has 0 aromatic rings. The second kappa shape index (κ2) is 11.2. The fourth-order valence-corrected chi connectivity index (χ4v) is 1.87. The van der Waals surface area contributed by atoms with E-state index in [0.717, 1.165) is 0 Å². The average molecular weight is 289 g/mol. The van der Waals surface area contributed by atoms with E-state index in [4.69, 9.17) is 13.0 Å². The molecule has 0 saturated carbocycles. The Kier molecular flexibility index (Phi) is 10.8. The highest BCUT2D eigenvalue weighted by molar-refractivity contribution is 7.84. The number of quaternary nitrogens is 1. The Morgan fingerprint density at radius 2 is 1.37 bits per heavy atom. The first-order valence-corrected chi connectivity index (χ1v) is 8.86. The molecule has 112 valence electrons. The molecule has 1 rings (SSSR count). The van der Waals surface area contributed by atoms with Gasteiger partial charge in [0.15, 0.2) is 0 Å². The van der Waals surface area contributed by atoms with Crippen LogP contribution in [0.2, 0.25) is 0 Å². The zero-order valence-corrected chi connectivity index (χ0v) is 12.9. The molecular weight excluding hydrogens is 262 g/mol. The van der Waals surface area contributed by atoms with Gasteiger partial charge in [0.2, 0.25) is 0 Å². The summed E-state index contributed by atoms with van der Waals surface area (Å²) in [7, 11) is -3.92. The molecule has 1 aliphatic heterocycles. The lowest BCUT2D eigenvalue weighted by molar-refractivity contribution is -0.787. The number of nitrogens with one attached hydrogen (secondary N) is 1. The lowest BCUT2D eigenvalue weighted by atomic mass is 10.1. The maximum absolute atomic E-state index is 9.08. The van der Waals surface area contributed by atoms with Gasteiger partial charge < -0.3 is 4.55 Å². The van der Waals surface area contributed by atoms with Crippen LogP contribution < -0.4 is 4.90 Å². The molecule has 0 radical (unpaired) electrons. The van der Waals surface area contributed by atoms with Gasteiger partial charge in [0, 0.05) is 6.26 Å². The Morgan fingerprint density at radius 3 is 1.84 bits per heavy atom. The van der Waals surface area contributed by atoms with Gasteiger partial charge in [0.05, 0.1) is 29.1 Å². The molecule has 0 amide bonds. The van der Waals surface area contributed by atoms with Gasteiger partial charge in [0.1, 0.15) is 0 Å². The molecule has 0 unspecified atom stereocenters. The highest BCUT2D eigenvalue weighted by atomic mass is 32.2. The van der Waals surface area contributed by atoms with Crippen molar-refractivity contribution in [1.29, 1.82) is 0 Å². The number of hydrogen-bond donors (Lipinski definition) is 1. The summed E-state index contributed by atoms with van der Waals surface area (Å²) in [5.74, 6) is 0. The summed E-state index contributed by atoms with van der Waals surface area (Å²) in [6.45, 7) is 3.55. The SMILES string of the molecule is CCCCCCCCC[NH+]1C=CC=C1.CS(=O)(=O)[O-]. The standard InChI is InChI=1S/C13H23N.CH4O3S/c1-2-3-4-5-6-7-8-11-14-12-9-10-13-14;1-5(2,3)4/h9-10,12-13H,2-8,11H2,1H3;1H3,(H,2,3,4). The van der Waals surface area contributed by atoms with Gasteiger partial charge in [-0.05, 0) is 25.0 Å². The average Bonchev–Trinajstić information content (AvgIpc) is 2.78. The maximum Gasteiger partial charge on any atom is 0.0990 e. The van der Waals surface area contributed by atoms with Crippen LogP contribution >= 0.6 is 0 Å². The van der Waals surface area contributed by atoms with Crippen LogP contribution in [0.15, 0.2) is 24.6 Å². The number of unbranched alkanes of at least 4 members (excludes halogenated alkanes) is 6. The van der Waals surface area contributed by atoms with Crippen molar-refractivity contribution >= 4 is 10.1 Å². The van der Waals surface area contributed by atoms with Crippen molar-refractivity contribution in [2.24, 2.45) is 0 Å². The number of rotatable bonds is 8. The van der Waals surface area contributed by atoms with Crippen molar-refractivity contribution in [2.75, 3.05) is 12.8 Å². The Morgan fingerprint density at radius 1 is 0.947 bits per heavy atom. The zero-order valence-electron chi connectivity index (χ0n) is 12.1. The summed E-state index contributed by atoms with van der Waals surface area (Å²) in [6.07, 6.45) is 19.2. The van der Waals surface area contributed by atoms with E-state index in [1.54, 1.807) is 0 Å². The summed E-state index contributed by atoms with van der Waals surface area (Å²) < 4.78 is 27.2. The Bertz CT molecular complexity index is 341. The molecule has 1 heterocycles. The zero-order chi connectivity index (χ0) is 14.6. The first kappa shape index (κ1) is 18.4. The second-order valence-electron chi connectivity index (χ2n) is 4.87. The van der Waals surface area contributed by atoms with Crippen LogP contribution in [0.25, 0.3) is 0 Å². The van der Waals surface area contributed by atoms with E-state index in [1.165, 1.54) is 56.4 Å². The van der Waals surface area contributed by atoms with E-state index in [2.05, 4.69) is 31.5 Å². The molecular formula is C14H27NO3S. The normalized spacial score (nSPS) is 14.5. The third-order valence-corrected chi connectivity index (χ3v) is 2.80. The molecule has 1 aliphatic rings. The minimum Gasteiger partial charge on any atom is -0.748 e. The smallest absolute Gasteiger partial charge is 0.0990 e. The number of allylic oxidation sites excluding steroid dienone is 2. The van der Waals surface area contributed by atoms with Crippen molar-refractivity contribution in [1.82, 2.24) is 0 Å². The van der Waals surface area contributed by atoms with Gasteiger partial charge >= 0.3 is 0 Å². The summed E-state index contributed by atoms with van der Waals surface area (Å²) >= 11 is 0. The van der Waals surface area contributed by atoms with Gasteiger partial charge in [0.25, 0.3) is 0 Å². The number of hydrogen-bond acceptors (Lipinski definition) is 3. The highest BCUT2D eigenvalue weighted by Crippen LogP contribution is 2.05. The predicted octanol–water partition coefficient (Wildman–Crippen LogP) is 1.82. The third-order valence-electron chi connectivity index (χ3n) is 2.80. The molecule has 19 heavy (non-hydrogen) atoms. The van der Waals surface area contributed by atoms with E-state index in [-0.39, 0.29) is 0 Å². The molecule has 4 nitrogen and oxygen atoms in total. The Labute approximate surface area is 117 Å². The lowest BCUT2D eigenvalue weighted by Gasteiger charge is -2.06. The van der Waals surface area contributed by atoms with Gasteiger partial charge in [-0.1, -0.05) is 39.0 Å². The molecule has 0 bridgehead atoms.